The normalized spacial score (nSPS) is 9.73. The summed E-state index contributed by atoms with van der Waals surface area (Å²) in [4.78, 5) is 1.95. The number of halogens is 2. The van der Waals surface area contributed by atoms with Crippen molar-refractivity contribution in [3.63, 3.8) is 0 Å². The number of nitrogens with zero attached hydrogens (tertiary/aromatic N) is 2. The van der Waals surface area contributed by atoms with Crippen molar-refractivity contribution in [2.24, 2.45) is 0 Å². The molecular weight excluding hydrogens is 277 g/mol. The van der Waals surface area contributed by atoms with E-state index in [2.05, 4.69) is 22.0 Å². The van der Waals surface area contributed by atoms with Gasteiger partial charge in [-0.3, -0.25) is 0 Å². The minimum Gasteiger partial charge on any atom is -0.397 e. The molecule has 80 valence electrons. The lowest BCUT2D eigenvalue weighted by Gasteiger charge is -2.20. The number of nitriles is 1. The first-order valence-electron chi connectivity index (χ1n) is 4.36. The molecule has 0 radical (unpaired) electrons. The Kier molecular flexibility index (Phi) is 4.25. The molecule has 0 aliphatic heterocycles. The van der Waals surface area contributed by atoms with Crippen LogP contribution >= 0.6 is 27.5 Å². The number of anilines is 2. The molecule has 0 saturated heterocycles. The monoisotopic (exact) mass is 287 g/mol. The van der Waals surface area contributed by atoms with Crippen LogP contribution in [-0.4, -0.2) is 19.5 Å². The van der Waals surface area contributed by atoms with Crippen LogP contribution in [0.3, 0.4) is 0 Å². The van der Waals surface area contributed by atoms with Crippen molar-refractivity contribution in [1.82, 2.24) is 0 Å². The molecule has 0 aliphatic carbocycles. The van der Waals surface area contributed by atoms with Crippen molar-refractivity contribution in [2.75, 3.05) is 30.1 Å². The van der Waals surface area contributed by atoms with Gasteiger partial charge in [0.1, 0.15) is 6.07 Å². The van der Waals surface area contributed by atoms with Gasteiger partial charge in [0.25, 0.3) is 0 Å². The second-order valence-corrected chi connectivity index (χ2v) is 4.35. The number of rotatable bonds is 3. The quantitative estimate of drug-likeness (QED) is 0.687. The molecule has 1 aromatic rings. The standard InChI is InChI=1S/C10H11BrClN3/c1-15(3-2-12)10-5-8(11)7(6-13)4-9(10)14/h4-5H,2-3,14H2,1H3. The van der Waals surface area contributed by atoms with Crippen LogP contribution in [0.2, 0.25) is 0 Å². The van der Waals surface area contributed by atoms with Crippen molar-refractivity contribution in [3.05, 3.63) is 22.2 Å². The second kappa shape index (κ2) is 5.24. The summed E-state index contributed by atoms with van der Waals surface area (Å²) < 4.78 is 0.746. The first kappa shape index (κ1) is 12.2. The molecule has 0 bridgehead atoms. The van der Waals surface area contributed by atoms with Gasteiger partial charge < -0.3 is 10.6 Å². The summed E-state index contributed by atoms with van der Waals surface area (Å²) >= 11 is 8.97. The molecule has 0 spiro atoms. The predicted molar refractivity (Wildman–Crippen MR) is 67.3 cm³/mol. The van der Waals surface area contributed by atoms with Gasteiger partial charge in [-0.25, -0.2) is 0 Å². The Hall–Kier alpha value is -0.920. The fourth-order valence-electron chi connectivity index (χ4n) is 1.24. The summed E-state index contributed by atoms with van der Waals surface area (Å²) in [6.07, 6.45) is 0. The van der Waals surface area contributed by atoms with Gasteiger partial charge in [-0.05, 0) is 28.1 Å². The Morgan fingerprint density at radius 3 is 2.80 bits per heavy atom. The average molecular weight is 289 g/mol. The van der Waals surface area contributed by atoms with Crippen LogP contribution in [0.4, 0.5) is 11.4 Å². The lowest BCUT2D eigenvalue weighted by atomic mass is 10.2. The number of hydrogen-bond donors (Lipinski definition) is 1. The van der Waals surface area contributed by atoms with Gasteiger partial charge in [-0.15, -0.1) is 11.6 Å². The number of benzene rings is 1. The zero-order chi connectivity index (χ0) is 11.4. The highest BCUT2D eigenvalue weighted by Crippen LogP contribution is 2.29. The van der Waals surface area contributed by atoms with Crippen LogP contribution in [0.15, 0.2) is 16.6 Å². The summed E-state index contributed by atoms with van der Waals surface area (Å²) in [5, 5.41) is 8.81. The Balaban J connectivity index is 3.11. The Morgan fingerprint density at radius 2 is 2.27 bits per heavy atom. The van der Waals surface area contributed by atoms with Crippen molar-refractivity contribution in [3.8, 4) is 6.07 Å². The molecule has 15 heavy (non-hydrogen) atoms. The molecule has 2 N–H and O–H groups in total. The molecule has 1 rings (SSSR count). The third-order valence-corrected chi connectivity index (χ3v) is 2.89. The summed E-state index contributed by atoms with van der Waals surface area (Å²) in [6.45, 7) is 0.712. The third-order valence-electron chi connectivity index (χ3n) is 2.07. The molecule has 0 atom stereocenters. The van der Waals surface area contributed by atoms with Gasteiger partial charge >= 0.3 is 0 Å². The van der Waals surface area contributed by atoms with E-state index in [-0.39, 0.29) is 0 Å². The first-order valence-corrected chi connectivity index (χ1v) is 5.69. The smallest absolute Gasteiger partial charge is 0.100 e. The molecule has 0 aliphatic rings. The number of nitrogens with two attached hydrogens (primary N) is 1. The summed E-state index contributed by atoms with van der Waals surface area (Å²) in [5.74, 6) is 0.535. The van der Waals surface area contributed by atoms with E-state index in [1.54, 1.807) is 6.07 Å². The predicted octanol–water partition coefficient (Wildman–Crippen LogP) is 2.58. The summed E-state index contributed by atoms with van der Waals surface area (Å²) in [6, 6.07) is 5.55. The molecule has 3 nitrogen and oxygen atoms in total. The van der Waals surface area contributed by atoms with Gasteiger partial charge in [-0.2, -0.15) is 5.26 Å². The van der Waals surface area contributed by atoms with E-state index in [0.717, 1.165) is 10.2 Å². The van der Waals surface area contributed by atoms with Crippen molar-refractivity contribution in [1.29, 1.82) is 5.26 Å². The topological polar surface area (TPSA) is 53.0 Å². The lowest BCUT2D eigenvalue weighted by molar-refractivity contribution is 0.974. The minimum absolute atomic E-state index is 0.535. The largest absolute Gasteiger partial charge is 0.397 e. The van der Waals surface area contributed by atoms with Crippen LogP contribution in [0.5, 0.6) is 0 Å². The Labute approximate surface area is 103 Å². The zero-order valence-corrected chi connectivity index (χ0v) is 10.6. The second-order valence-electron chi connectivity index (χ2n) is 3.11. The van der Waals surface area contributed by atoms with Crippen molar-refractivity contribution < 1.29 is 0 Å². The van der Waals surface area contributed by atoms with Gasteiger partial charge in [0.2, 0.25) is 0 Å². The van der Waals surface area contributed by atoms with Crippen LogP contribution in [0.25, 0.3) is 0 Å². The third kappa shape index (κ3) is 2.77. The fourth-order valence-corrected chi connectivity index (χ4v) is 1.92. The van der Waals surface area contributed by atoms with E-state index >= 15 is 0 Å². The van der Waals surface area contributed by atoms with Crippen LogP contribution in [-0.2, 0) is 0 Å². The van der Waals surface area contributed by atoms with Gasteiger partial charge in [0.15, 0.2) is 0 Å². The lowest BCUT2D eigenvalue weighted by Crippen LogP contribution is -2.20. The van der Waals surface area contributed by atoms with E-state index in [4.69, 9.17) is 22.6 Å². The highest BCUT2D eigenvalue weighted by molar-refractivity contribution is 9.10. The van der Waals surface area contributed by atoms with Crippen molar-refractivity contribution in [2.45, 2.75) is 0 Å². The molecule has 0 aromatic heterocycles. The van der Waals surface area contributed by atoms with E-state index in [1.165, 1.54) is 0 Å². The summed E-state index contributed by atoms with van der Waals surface area (Å²) in [7, 11) is 1.91. The average Bonchev–Trinajstić information content (AvgIpc) is 2.21. The molecule has 0 heterocycles. The number of hydrogen-bond acceptors (Lipinski definition) is 3. The zero-order valence-electron chi connectivity index (χ0n) is 8.30. The number of alkyl halides is 1. The maximum absolute atomic E-state index is 8.81. The van der Waals surface area contributed by atoms with E-state index in [0.29, 0.717) is 23.7 Å². The maximum atomic E-state index is 8.81. The molecule has 0 fully saturated rings. The van der Waals surface area contributed by atoms with E-state index < -0.39 is 0 Å². The molecule has 0 saturated carbocycles. The SMILES string of the molecule is CN(CCCl)c1cc(Br)c(C#N)cc1N. The van der Waals surface area contributed by atoms with E-state index in [9.17, 15) is 0 Å². The summed E-state index contributed by atoms with van der Waals surface area (Å²) in [5.41, 5.74) is 7.84. The van der Waals surface area contributed by atoms with Gasteiger partial charge in [-0.1, -0.05) is 0 Å². The molecule has 5 heteroatoms. The van der Waals surface area contributed by atoms with Gasteiger partial charge in [0.05, 0.1) is 16.9 Å². The van der Waals surface area contributed by atoms with E-state index in [1.807, 2.05) is 18.0 Å². The fraction of sp³-hybridized carbons (Fsp3) is 0.300. The molecule has 1 aromatic carbocycles. The van der Waals surface area contributed by atoms with Crippen molar-refractivity contribution >= 4 is 38.9 Å². The van der Waals surface area contributed by atoms with Crippen LogP contribution in [0.1, 0.15) is 5.56 Å². The first-order chi connectivity index (χ1) is 7.10. The maximum Gasteiger partial charge on any atom is 0.100 e. The molecule has 0 unspecified atom stereocenters. The highest BCUT2D eigenvalue weighted by Gasteiger charge is 2.09. The minimum atomic E-state index is 0.535. The van der Waals surface area contributed by atoms with Crippen LogP contribution in [0, 0.1) is 11.3 Å². The van der Waals surface area contributed by atoms with Gasteiger partial charge in [0, 0.05) is 23.9 Å². The Bertz CT molecular complexity index is 400. The number of nitrogen functional groups attached to an aromatic ring is 1. The Morgan fingerprint density at radius 1 is 1.60 bits per heavy atom. The van der Waals surface area contributed by atoms with Crippen LogP contribution < -0.4 is 10.6 Å². The molecule has 0 amide bonds. The molecular formula is C10H11BrClN3. The highest BCUT2D eigenvalue weighted by atomic mass is 79.9.